The second kappa shape index (κ2) is 14.6. The molecule has 3 amide bonds. The number of ketones is 1. The smallest absolute Gasteiger partial charge is 0.407 e. The van der Waals surface area contributed by atoms with Gasteiger partial charge in [0.2, 0.25) is 17.6 Å². The Morgan fingerprint density at radius 1 is 1.00 bits per heavy atom. The molecule has 1 aromatic heterocycles. The number of carboxylic acid groups (broad SMARTS) is 1. The number of carbonyl (C=O) groups is 4. The monoisotopic (exact) mass is 687 g/mol. The van der Waals surface area contributed by atoms with Crippen molar-refractivity contribution in [2.24, 2.45) is 11.3 Å². The van der Waals surface area contributed by atoms with Crippen molar-refractivity contribution in [2.75, 3.05) is 26.2 Å². The summed E-state index contributed by atoms with van der Waals surface area (Å²) in [5, 5.41) is 17.5. The fourth-order valence-corrected chi connectivity index (χ4v) is 8.80. The minimum Gasteiger partial charge on any atom is -0.465 e. The fourth-order valence-electron chi connectivity index (χ4n) is 7.90. The Balaban J connectivity index is 1.29. The van der Waals surface area contributed by atoms with E-state index in [1.54, 1.807) is 12.3 Å². The molecular weight excluding hydrogens is 639 g/mol. The van der Waals surface area contributed by atoms with E-state index in [1.807, 2.05) is 68.1 Å². The van der Waals surface area contributed by atoms with Crippen molar-refractivity contribution < 1.29 is 24.3 Å². The lowest BCUT2D eigenvalue weighted by molar-refractivity contribution is -0.144. The van der Waals surface area contributed by atoms with Crippen LogP contribution in [0.4, 0.5) is 4.79 Å². The molecule has 0 unspecified atom stereocenters. The number of benzene rings is 2. The van der Waals surface area contributed by atoms with Gasteiger partial charge < -0.3 is 15.3 Å². The molecule has 3 fully saturated rings. The van der Waals surface area contributed by atoms with Gasteiger partial charge in [0.25, 0.3) is 0 Å². The van der Waals surface area contributed by atoms with Crippen LogP contribution in [0.3, 0.4) is 0 Å². The summed E-state index contributed by atoms with van der Waals surface area (Å²) in [5.41, 5.74) is 0.620. The van der Waals surface area contributed by atoms with Gasteiger partial charge in [-0.1, -0.05) is 82.5 Å². The molecule has 262 valence electrons. The Kier molecular flexibility index (Phi) is 10.4. The number of aromatic nitrogens is 1. The Morgan fingerprint density at radius 2 is 1.73 bits per heavy atom. The fraction of sp³-hybridized carbons (Fsp3) is 0.553. The number of fused-ring (bicyclic) bond motifs is 2. The molecule has 10 nitrogen and oxygen atoms in total. The molecule has 0 spiro atoms. The second-order valence-corrected chi connectivity index (χ2v) is 16.1. The Morgan fingerprint density at radius 3 is 2.47 bits per heavy atom. The van der Waals surface area contributed by atoms with Crippen LogP contribution in [0.15, 0.2) is 47.8 Å². The molecule has 2 N–H and O–H groups in total. The number of nitrogens with zero attached hydrogens (tertiary/aromatic N) is 4. The predicted molar refractivity (Wildman–Crippen MR) is 191 cm³/mol. The van der Waals surface area contributed by atoms with Crippen LogP contribution in [-0.4, -0.2) is 92.8 Å². The first kappa shape index (κ1) is 35.0. The summed E-state index contributed by atoms with van der Waals surface area (Å²) in [5.74, 6) is -0.783. The maximum Gasteiger partial charge on any atom is 0.407 e. The molecule has 11 heteroatoms. The molecule has 3 aliphatic rings. The number of piperazine rings is 1. The van der Waals surface area contributed by atoms with Gasteiger partial charge >= 0.3 is 6.09 Å². The van der Waals surface area contributed by atoms with Crippen LogP contribution in [0, 0.1) is 11.3 Å². The zero-order valence-electron chi connectivity index (χ0n) is 29.1. The molecule has 4 atom stereocenters. The lowest BCUT2D eigenvalue weighted by Gasteiger charge is -2.45. The number of thiazole rings is 1. The summed E-state index contributed by atoms with van der Waals surface area (Å²) >= 11 is 1.41. The van der Waals surface area contributed by atoms with Crippen LogP contribution >= 0.6 is 11.3 Å². The summed E-state index contributed by atoms with van der Waals surface area (Å²) in [4.78, 5) is 65.1. The van der Waals surface area contributed by atoms with E-state index in [4.69, 9.17) is 4.98 Å². The van der Waals surface area contributed by atoms with Gasteiger partial charge in [-0.25, -0.2) is 9.78 Å². The Bertz CT molecular complexity index is 1690. The van der Waals surface area contributed by atoms with Crippen LogP contribution in [0.5, 0.6) is 0 Å². The van der Waals surface area contributed by atoms with Crippen molar-refractivity contribution in [3.8, 4) is 0 Å². The van der Waals surface area contributed by atoms with E-state index in [2.05, 4.69) is 10.2 Å². The van der Waals surface area contributed by atoms with E-state index in [-0.39, 0.29) is 41.7 Å². The third-order valence-electron chi connectivity index (χ3n) is 10.5. The van der Waals surface area contributed by atoms with E-state index >= 15 is 0 Å². The first-order chi connectivity index (χ1) is 23.4. The van der Waals surface area contributed by atoms with Crippen LogP contribution in [0.2, 0.25) is 0 Å². The van der Waals surface area contributed by atoms with E-state index in [1.165, 1.54) is 16.2 Å². The van der Waals surface area contributed by atoms with Crippen molar-refractivity contribution in [2.45, 2.75) is 96.8 Å². The second-order valence-electron chi connectivity index (χ2n) is 15.3. The van der Waals surface area contributed by atoms with Crippen LogP contribution in [0.1, 0.15) is 99.7 Å². The molecule has 1 aliphatic carbocycles. The zero-order valence-corrected chi connectivity index (χ0v) is 29.9. The average molecular weight is 688 g/mol. The minimum absolute atomic E-state index is 0.0413. The molecule has 3 heterocycles. The molecule has 0 bridgehead atoms. The lowest BCUT2D eigenvalue weighted by atomic mass is 9.82. The molecule has 6 rings (SSSR count). The van der Waals surface area contributed by atoms with Crippen LogP contribution in [-0.2, 0) is 9.59 Å². The highest BCUT2D eigenvalue weighted by Gasteiger charge is 2.45. The van der Waals surface area contributed by atoms with Crippen molar-refractivity contribution in [3.63, 3.8) is 0 Å². The van der Waals surface area contributed by atoms with Gasteiger partial charge in [-0.3, -0.25) is 24.2 Å². The van der Waals surface area contributed by atoms with Gasteiger partial charge in [-0.05, 0) is 61.3 Å². The van der Waals surface area contributed by atoms with Gasteiger partial charge in [0.1, 0.15) is 22.8 Å². The van der Waals surface area contributed by atoms with Crippen molar-refractivity contribution in [1.29, 1.82) is 0 Å². The van der Waals surface area contributed by atoms with Crippen molar-refractivity contribution in [1.82, 2.24) is 25.0 Å². The normalized spacial score (nSPS) is 21.6. The molecule has 2 aromatic carbocycles. The van der Waals surface area contributed by atoms with Crippen molar-refractivity contribution >= 4 is 45.8 Å². The van der Waals surface area contributed by atoms with Gasteiger partial charge in [0.05, 0.1) is 6.04 Å². The van der Waals surface area contributed by atoms with Crippen LogP contribution < -0.4 is 5.32 Å². The summed E-state index contributed by atoms with van der Waals surface area (Å²) in [6.07, 6.45) is 5.60. The largest absolute Gasteiger partial charge is 0.465 e. The first-order valence-electron chi connectivity index (χ1n) is 17.7. The molecule has 0 radical (unpaired) electrons. The summed E-state index contributed by atoms with van der Waals surface area (Å²) in [7, 11) is 0. The molecule has 2 aliphatic heterocycles. The van der Waals surface area contributed by atoms with Crippen LogP contribution in [0.25, 0.3) is 10.8 Å². The van der Waals surface area contributed by atoms with E-state index < -0.39 is 24.1 Å². The van der Waals surface area contributed by atoms with Gasteiger partial charge in [-0.15, -0.1) is 11.3 Å². The number of rotatable bonds is 9. The van der Waals surface area contributed by atoms with E-state index in [0.717, 1.165) is 62.3 Å². The highest BCUT2D eigenvalue weighted by atomic mass is 32.1. The molecule has 3 aromatic rings. The quantitative estimate of drug-likeness (QED) is 0.251. The number of carbonyl (C=O) groups excluding carboxylic acids is 3. The summed E-state index contributed by atoms with van der Waals surface area (Å²) < 4.78 is 0. The average Bonchev–Trinajstić information content (AvgIpc) is 3.77. The van der Waals surface area contributed by atoms with Gasteiger partial charge in [0, 0.05) is 36.6 Å². The van der Waals surface area contributed by atoms with E-state index in [0.29, 0.717) is 29.4 Å². The highest BCUT2D eigenvalue weighted by Crippen LogP contribution is 2.37. The third kappa shape index (κ3) is 7.67. The molecular formula is C38H49N5O5S. The maximum atomic E-state index is 14.8. The molecule has 49 heavy (non-hydrogen) atoms. The summed E-state index contributed by atoms with van der Waals surface area (Å²) in [6.45, 7) is 9.69. The highest BCUT2D eigenvalue weighted by molar-refractivity contribution is 7.10. The molecule has 2 saturated heterocycles. The lowest BCUT2D eigenvalue weighted by Crippen LogP contribution is -2.61. The zero-order chi connectivity index (χ0) is 34.9. The Labute approximate surface area is 292 Å². The third-order valence-corrected chi connectivity index (χ3v) is 11.4. The molecule has 1 saturated carbocycles. The van der Waals surface area contributed by atoms with E-state index in [9.17, 15) is 24.3 Å². The number of nitrogens with one attached hydrogen (secondary N) is 1. The van der Waals surface area contributed by atoms with Gasteiger partial charge in [-0.2, -0.15) is 0 Å². The standard InChI is InChI=1S/C38H49N5O5S/c1-24(43(37(47)48)23-38(2,3)4)34(45)40-32(26-13-6-5-7-14-26)36(46)42-20-27-16-11-19-41(27)21-31(42)35-39-30(22-49-35)33(44)29-18-10-15-25-12-8-9-17-28(25)29/h8-10,12,15,17-18,22,24,26-27,31-32H,5-7,11,13-14,16,19-21,23H2,1-4H3,(H,40,45)(H,47,48)/t24-,27+,31-,32-/m0/s1. The number of amides is 3. The predicted octanol–water partition coefficient (Wildman–Crippen LogP) is 6.35. The number of hydrogen-bond acceptors (Lipinski definition) is 7. The summed E-state index contributed by atoms with van der Waals surface area (Å²) in [6, 6.07) is 11.7. The Hall–Kier alpha value is -3.83. The SMILES string of the molecule is C[C@@H](C(=O)N[C@H](C(=O)N1C[C@H]2CCCN2C[C@H]1c1nc(C(=O)c2cccc3ccccc23)cs1)C1CCCCC1)N(CC(C)(C)C)C(=O)O. The first-order valence-corrected chi connectivity index (χ1v) is 18.6. The van der Waals surface area contributed by atoms with Gasteiger partial charge in [0.15, 0.2) is 0 Å². The van der Waals surface area contributed by atoms with Crippen molar-refractivity contribution in [3.05, 3.63) is 64.1 Å². The number of hydrogen-bond donors (Lipinski definition) is 2. The maximum absolute atomic E-state index is 14.8. The minimum atomic E-state index is -1.16. The topological polar surface area (TPSA) is 123 Å².